The molecule has 0 saturated heterocycles. The van der Waals surface area contributed by atoms with Crippen LogP contribution in [0.4, 0.5) is 4.79 Å². The number of carbonyl (C=O) groups is 2. The van der Waals surface area contributed by atoms with Crippen molar-refractivity contribution >= 4 is 12.1 Å². The number of carboxylic acid groups (broad SMARTS) is 1. The van der Waals surface area contributed by atoms with E-state index in [0.717, 1.165) is 5.56 Å². The van der Waals surface area contributed by atoms with Gasteiger partial charge in [-0.05, 0) is 18.9 Å². The van der Waals surface area contributed by atoms with E-state index in [9.17, 15) is 9.59 Å². The van der Waals surface area contributed by atoms with Crippen LogP contribution in [0.3, 0.4) is 0 Å². The van der Waals surface area contributed by atoms with Crippen LogP contribution in [0.1, 0.15) is 18.9 Å². The minimum absolute atomic E-state index is 0.122. The summed E-state index contributed by atoms with van der Waals surface area (Å²) >= 11 is 0. The fourth-order valence-corrected chi connectivity index (χ4v) is 1.61. The second-order valence-electron chi connectivity index (χ2n) is 4.33. The van der Waals surface area contributed by atoms with Crippen molar-refractivity contribution in [3.63, 3.8) is 0 Å². The molecule has 5 heteroatoms. The van der Waals surface area contributed by atoms with E-state index in [1.807, 2.05) is 30.3 Å². The third kappa shape index (κ3) is 4.76. The van der Waals surface area contributed by atoms with Gasteiger partial charge in [0.25, 0.3) is 0 Å². The Balaban J connectivity index is 2.63. The highest BCUT2D eigenvalue weighted by molar-refractivity contribution is 5.79. The molecule has 1 aromatic carbocycles. The standard InChI is InChI=1S/C15H19NO4/c1-3-4-10-16(12(2)14(17)18)15(19)20-11-13-8-6-5-7-9-13/h3,5-9,12H,1,4,10-11H2,2H3,(H,17,18)/t12-/m1/s1. The molecule has 108 valence electrons. The summed E-state index contributed by atoms with van der Waals surface area (Å²) < 4.78 is 5.15. The van der Waals surface area contributed by atoms with Gasteiger partial charge in [0.05, 0.1) is 0 Å². The lowest BCUT2D eigenvalue weighted by atomic mass is 10.2. The van der Waals surface area contributed by atoms with Crippen LogP contribution in [0.5, 0.6) is 0 Å². The van der Waals surface area contributed by atoms with Gasteiger partial charge in [0.2, 0.25) is 0 Å². The number of aliphatic carboxylic acids is 1. The second-order valence-corrected chi connectivity index (χ2v) is 4.33. The number of carboxylic acids is 1. The number of hydrogen-bond donors (Lipinski definition) is 1. The molecule has 1 N–H and O–H groups in total. The first-order valence-electron chi connectivity index (χ1n) is 6.37. The molecule has 0 fully saturated rings. The van der Waals surface area contributed by atoms with E-state index in [1.165, 1.54) is 11.8 Å². The zero-order valence-corrected chi connectivity index (χ0v) is 11.5. The molecule has 0 unspecified atom stereocenters. The molecule has 0 radical (unpaired) electrons. The van der Waals surface area contributed by atoms with Gasteiger partial charge >= 0.3 is 12.1 Å². The molecule has 1 aromatic rings. The smallest absolute Gasteiger partial charge is 0.410 e. The van der Waals surface area contributed by atoms with E-state index in [1.54, 1.807) is 6.08 Å². The zero-order chi connectivity index (χ0) is 15.0. The molecule has 0 spiro atoms. The highest BCUT2D eigenvalue weighted by Gasteiger charge is 2.26. The Labute approximate surface area is 118 Å². The maximum absolute atomic E-state index is 12.0. The molecule has 0 saturated carbocycles. The average Bonchev–Trinajstić information content (AvgIpc) is 2.46. The van der Waals surface area contributed by atoms with Gasteiger partial charge < -0.3 is 9.84 Å². The van der Waals surface area contributed by atoms with Gasteiger partial charge in [0.15, 0.2) is 0 Å². The van der Waals surface area contributed by atoms with Crippen LogP contribution in [0.2, 0.25) is 0 Å². The monoisotopic (exact) mass is 277 g/mol. The predicted molar refractivity (Wildman–Crippen MR) is 75.2 cm³/mol. The summed E-state index contributed by atoms with van der Waals surface area (Å²) in [7, 11) is 0. The summed E-state index contributed by atoms with van der Waals surface area (Å²) in [4.78, 5) is 24.2. The third-order valence-corrected chi connectivity index (χ3v) is 2.84. The molecule has 1 atom stereocenters. The number of hydrogen-bond acceptors (Lipinski definition) is 3. The molecule has 20 heavy (non-hydrogen) atoms. The Morgan fingerprint density at radius 3 is 2.60 bits per heavy atom. The van der Waals surface area contributed by atoms with Crippen LogP contribution in [0.15, 0.2) is 43.0 Å². The van der Waals surface area contributed by atoms with Crippen molar-refractivity contribution < 1.29 is 19.4 Å². The molecular formula is C15H19NO4. The fourth-order valence-electron chi connectivity index (χ4n) is 1.61. The van der Waals surface area contributed by atoms with Gasteiger partial charge in [0.1, 0.15) is 12.6 Å². The summed E-state index contributed by atoms with van der Waals surface area (Å²) in [5.74, 6) is -1.06. The van der Waals surface area contributed by atoms with E-state index < -0.39 is 18.1 Å². The molecule has 1 amide bonds. The Kier molecular flexibility index (Phi) is 6.29. The Hall–Kier alpha value is -2.30. The summed E-state index contributed by atoms with van der Waals surface area (Å²) in [5.41, 5.74) is 0.854. The molecule has 0 aliphatic carbocycles. The zero-order valence-electron chi connectivity index (χ0n) is 11.5. The van der Waals surface area contributed by atoms with E-state index in [0.29, 0.717) is 6.42 Å². The Morgan fingerprint density at radius 1 is 1.40 bits per heavy atom. The quantitative estimate of drug-likeness (QED) is 0.778. The van der Waals surface area contributed by atoms with Crippen molar-refractivity contribution in [1.82, 2.24) is 4.90 Å². The van der Waals surface area contributed by atoms with Crippen molar-refractivity contribution in [3.8, 4) is 0 Å². The number of benzene rings is 1. The normalized spacial score (nSPS) is 11.4. The number of amides is 1. The number of nitrogens with zero attached hydrogens (tertiary/aromatic N) is 1. The van der Waals surface area contributed by atoms with Crippen LogP contribution >= 0.6 is 0 Å². The van der Waals surface area contributed by atoms with Crippen LogP contribution in [-0.4, -0.2) is 34.7 Å². The van der Waals surface area contributed by atoms with Crippen molar-refractivity contribution in [2.24, 2.45) is 0 Å². The van der Waals surface area contributed by atoms with Crippen molar-refractivity contribution in [3.05, 3.63) is 48.6 Å². The number of ether oxygens (including phenoxy) is 1. The lowest BCUT2D eigenvalue weighted by Crippen LogP contribution is -2.43. The second kappa shape index (κ2) is 7.99. The van der Waals surface area contributed by atoms with E-state index in [2.05, 4.69) is 6.58 Å². The van der Waals surface area contributed by atoms with Crippen molar-refractivity contribution in [2.45, 2.75) is 26.0 Å². The van der Waals surface area contributed by atoms with Crippen molar-refractivity contribution in [1.29, 1.82) is 0 Å². The van der Waals surface area contributed by atoms with Gasteiger partial charge in [-0.2, -0.15) is 0 Å². The Morgan fingerprint density at radius 2 is 2.05 bits per heavy atom. The number of rotatable bonds is 7. The molecular weight excluding hydrogens is 258 g/mol. The van der Waals surface area contributed by atoms with Gasteiger partial charge in [-0.3, -0.25) is 4.90 Å². The SMILES string of the molecule is C=CCCN(C(=O)OCc1ccccc1)[C@H](C)C(=O)O. The first-order valence-corrected chi connectivity index (χ1v) is 6.37. The summed E-state index contributed by atoms with van der Waals surface area (Å²) in [5, 5.41) is 9.01. The molecule has 0 aliphatic heterocycles. The van der Waals surface area contributed by atoms with Gasteiger partial charge in [-0.1, -0.05) is 36.4 Å². The van der Waals surface area contributed by atoms with Gasteiger partial charge in [0, 0.05) is 6.54 Å². The lowest BCUT2D eigenvalue weighted by molar-refractivity contribution is -0.142. The highest BCUT2D eigenvalue weighted by atomic mass is 16.6. The maximum atomic E-state index is 12.0. The van der Waals surface area contributed by atoms with Crippen LogP contribution in [0, 0.1) is 0 Å². The highest BCUT2D eigenvalue weighted by Crippen LogP contribution is 2.08. The van der Waals surface area contributed by atoms with Crippen LogP contribution in [0.25, 0.3) is 0 Å². The summed E-state index contributed by atoms with van der Waals surface area (Å²) in [6.45, 7) is 5.41. The summed E-state index contributed by atoms with van der Waals surface area (Å²) in [6, 6.07) is 8.30. The van der Waals surface area contributed by atoms with E-state index in [4.69, 9.17) is 9.84 Å². The van der Waals surface area contributed by atoms with Gasteiger partial charge in [-0.25, -0.2) is 9.59 Å². The fraction of sp³-hybridized carbons (Fsp3) is 0.333. The molecule has 0 heterocycles. The van der Waals surface area contributed by atoms with Crippen molar-refractivity contribution in [2.75, 3.05) is 6.54 Å². The molecule has 0 aromatic heterocycles. The lowest BCUT2D eigenvalue weighted by Gasteiger charge is -2.25. The molecule has 5 nitrogen and oxygen atoms in total. The summed E-state index contributed by atoms with van der Waals surface area (Å²) in [6.07, 6.45) is 1.51. The minimum atomic E-state index is -1.06. The number of carbonyl (C=O) groups excluding carboxylic acids is 1. The molecule has 1 rings (SSSR count). The topological polar surface area (TPSA) is 66.8 Å². The first kappa shape index (κ1) is 15.8. The van der Waals surface area contributed by atoms with E-state index >= 15 is 0 Å². The average molecular weight is 277 g/mol. The first-order chi connectivity index (χ1) is 9.56. The molecule has 0 bridgehead atoms. The maximum Gasteiger partial charge on any atom is 0.410 e. The Bertz CT molecular complexity index is 458. The van der Waals surface area contributed by atoms with E-state index in [-0.39, 0.29) is 13.2 Å². The third-order valence-electron chi connectivity index (χ3n) is 2.84. The van der Waals surface area contributed by atoms with Crippen LogP contribution < -0.4 is 0 Å². The van der Waals surface area contributed by atoms with Crippen LogP contribution in [-0.2, 0) is 16.1 Å². The minimum Gasteiger partial charge on any atom is -0.480 e. The largest absolute Gasteiger partial charge is 0.480 e. The molecule has 0 aliphatic rings. The predicted octanol–water partition coefficient (Wildman–Crippen LogP) is 2.67. The van der Waals surface area contributed by atoms with Gasteiger partial charge in [-0.15, -0.1) is 6.58 Å².